The van der Waals surface area contributed by atoms with E-state index in [0.717, 1.165) is 29.8 Å². The topological polar surface area (TPSA) is 55.1 Å². The van der Waals surface area contributed by atoms with Gasteiger partial charge in [0.1, 0.15) is 5.82 Å². The van der Waals surface area contributed by atoms with Crippen molar-refractivity contribution in [2.45, 2.75) is 39.0 Å². The molecule has 0 radical (unpaired) electrons. The Morgan fingerprint density at radius 3 is 3.00 bits per heavy atom. The minimum atomic E-state index is 0.821. The average molecular weight is 245 g/mol. The van der Waals surface area contributed by atoms with E-state index in [0.29, 0.717) is 0 Å². The Hall–Kier alpha value is -1.65. The first-order chi connectivity index (χ1) is 8.84. The standard InChI is InChI=1S/C13H19N5/c1-10-16-17-13-12(15-8-9-18(10)13)14-7-6-11-4-2-3-5-11/h8-9,11H,2-7H2,1H3,(H,14,15). The molecule has 1 N–H and O–H groups in total. The number of aromatic nitrogens is 4. The molecule has 96 valence electrons. The third-order valence-corrected chi connectivity index (χ3v) is 3.82. The lowest BCUT2D eigenvalue weighted by atomic mass is 10.0. The number of hydrogen-bond acceptors (Lipinski definition) is 4. The van der Waals surface area contributed by atoms with Gasteiger partial charge in [-0.15, -0.1) is 10.2 Å². The summed E-state index contributed by atoms with van der Waals surface area (Å²) in [5.41, 5.74) is 0.821. The van der Waals surface area contributed by atoms with Crippen molar-refractivity contribution >= 4 is 11.5 Å². The van der Waals surface area contributed by atoms with Crippen LogP contribution in [0.25, 0.3) is 5.65 Å². The Balaban J connectivity index is 1.66. The van der Waals surface area contributed by atoms with Gasteiger partial charge in [0.25, 0.3) is 0 Å². The van der Waals surface area contributed by atoms with E-state index in [2.05, 4.69) is 20.5 Å². The Bertz CT molecular complexity index is 527. The van der Waals surface area contributed by atoms with E-state index < -0.39 is 0 Å². The maximum Gasteiger partial charge on any atom is 0.203 e. The number of nitrogens with zero attached hydrogens (tertiary/aromatic N) is 4. The summed E-state index contributed by atoms with van der Waals surface area (Å²) in [5.74, 6) is 2.64. The predicted octanol–water partition coefficient (Wildman–Crippen LogP) is 2.42. The molecule has 2 aromatic heterocycles. The van der Waals surface area contributed by atoms with Gasteiger partial charge in [-0.1, -0.05) is 25.7 Å². The molecular formula is C13H19N5. The Kier molecular flexibility index (Phi) is 3.13. The molecule has 2 heterocycles. The number of fused-ring (bicyclic) bond motifs is 1. The second-order valence-electron chi connectivity index (χ2n) is 5.08. The normalized spacial score (nSPS) is 16.5. The fourth-order valence-electron chi connectivity index (χ4n) is 2.76. The molecule has 3 rings (SSSR count). The third kappa shape index (κ3) is 2.17. The van der Waals surface area contributed by atoms with E-state index in [4.69, 9.17) is 0 Å². The summed E-state index contributed by atoms with van der Waals surface area (Å²) in [7, 11) is 0. The van der Waals surface area contributed by atoms with Crippen molar-refractivity contribution in [1.82, 2.24) is 19.6 Å². The van der Waals surface area contributed by atoms with Crippen LogP contribution < -0.4 is 5.32 Å². The highest BCUT2D eigenvalue weighted by Crippen LogP contribution is 2.27. The van der Waals surface area contributed by atoms with E-state index in [9.17, 15) is 0 Å². The summed E-state index contributed by atoms with van der Waals surface area (Å²) >= 11 is 0. The van der Waals surface area contributed by atoms with Crippen molar-refractivity contribution in [3.63, 3.8) is 0 Å². The van der Waals surface area contributed by atoms with Crippen molar-refractivity contribution in [2.75, 3.05) is 11.9 Å². The van der Waals surface area contributed by atoms with Crippen LogP contribution in [0.2, 0.25) is 0 Å². The zero-order chi connectivity index (χ0) is 12.4. The van der Waals surface area contributed by atoms with Crippen LogP contribution in [-0.2, 0) is 0 Å². The fraction of sp³-hybridized carbons (Fsp3) is 0.615. The molecule has 0 aliphatic heterocycles. The number of nitrogens with one attached hydrogen (secondary N) is 1. The molecule has 1 aliphatic rings. The van der Waals surface area contributed by atoms with Crippen LogP contribution in [-0.4, -0.2) is 26.1 Å². The monoisotopic (exact) mass is 245 g/mol. The summed E-state index contributed by atoms with van der Waals surface area (Å²) in [6.07, 6.45) is 10.5. The molecule has 0 unspecified atom stereocenters. The highest BCUT2D eigenvalue weighted by molar-refractivity contribution is 5.61. The number of hydrogen-bond donors (Lipinski definition) is 1. The molecule has 18 heavy (non-hydrogen) atoms. The average Bonchev–Trinajstić information content (AvgIpc) is 3.01. The van der Waals surface area contributed by atoms with Crippen molar-refractivity contribution in [3.8, 4) is 0 Å². The van der Waals surface area contributed by atoms with Crippen LogP contribution in [0.3, 0.4) is 0 Å². The Labute approximate surface area is 107 Å². The molecule has 5 heteroatoms. The summed E-state index contributed by atoms with van der Waals surface area (Å²) in [6.45, 7) is 2.92. The van der Waals surface area contributed by atoms with Gasteiger partial charge >= 0.3 is 0 Å². The van der Waals surface area contributed by atoms with Crippen LogP contribution >= 0.6 is 0 Å². The van der Waals surface area contributed by atoms with Crippen LogP contribution in [0, 0.1) is 12.8 Å². The van der Waals surface area contributed by atoms with Crippen molar-refractivity contribution in [1.29, 1.82) is 0 Å². The molecule has 0 saturated heterocycles. The summed E-state index contributed by atoms with van der Waals surface area (Å²) in [5, 5.41) is 11.6. The van der Waals surface area contributed by atoms with Crippen LogP contribution in [0.4, 0.5) is 5.82 Å². The van der Waals surface area contributed by atoms with Crippen molar-refractivity contribution in [3.05, 3.63) is 18.2 Å². The lowest BCUT2D eigenvalue weighted by Gasteiger charge is -2.10. The van der Waals surface area contributed by atoms with Crippen LogP contribution in [0.1, 0.15) is 37.9 Å². The van der Waals surface area contributed by atoms with Gasteiger partial charge in [0.2, 0.25) is 5.65 Å². The molecule has 1 fully saturated rings. The smallest absolute Gasteiger partial charge is 0.203 e. The summed E-state index contributed by atoms with van der Waals surface area (Å²) in [6, 6.07) is 0. The first-order valence-electron chi connectivity index (χ1n) is 6.75. The first kappa shape index (κ1) is 11.4. The summed E-state index contributed by atoms with van der Waals surface area (Å²) < 4.78 is 1.96. The molecule has 0 aromatic carbocycles. The zero-order valence-corrected chi connectivity index (χ0v) is 10.8. The van der Waals surface area contributed by atoms with E-state index >= 15 is 0 Å². The van der Waals surface area contributed by atoms with E-state index in [1.165, 1.54) is 32.1 Å². The van der Waals surface area contributed by atoms with E-state index in [-0.39, 0.29) is 0 Å². The minimum absolute atomic E-state index is 0.821. The SMILES string of the molecule is Cc1nnc2c(NCCC3CCCC3)nccn12. The first-order valence-corrected chi connectivity index (χ1v) is 6.75. The number of rotatable bonds is 4. The fourth-order valence-corrected chi connectivity index (χ4v) is 2.76. The maximum absolute atomic E-state index is 4.35. The lowest BCUT2D eigenvalue weighted by molar-refractivity contribution is 0.518. The predicted molar refractivity (Wildman–Crippen MR) is 70.6 cm³/mol. The van der Waals surface area contributed by atoms with E-state index in [1.54, 1.807) is 6.20 Å². The van der Waals surface area contributed by atoms with Gasteiger partial charge in [-0.05, 0) is 19.3 Å². The highest BCUT2D eigenvalue weighted by Gasteiger charge is 2.14. The molecular weight excluding hydrogens is 226 g/mol. The third-order valence-electron chi connectivity index (χ3n) is 3.82. The lowest BCUT2D eigenvalue weighted by Crippen LogP contribution is -2.09. The molecule has 1 saturated carbocycles. The van der Waals surface area contributed by atoms with Gasteiger partial charge in [0.15, 0.2) is 5.82 Å². The maximum atomic E-state index is 4.35. The van der Waals surface area contributed by atoms with Gasteiger partial charge in [0.05, 0.1) is 0 Å². The molecule has 0 spiro atoms. The van der Waals surface area contributed by atoms with Crippen molar-refractivity contribution < 1.29 is 0 Å². The molecule has 0 atom stereocenters. The van der Waals surface area contributed by atoms with Crippen LogP contribution in [0.5, 0.6) is 0 Å². The molecule has 5 nitrogen and oxygen atoms in total. The summed E-state index contributed by atoms with van der Waals surface area (Å²) in [4.78, 5) is 4.35. The second kappa shape index (κ2) is 4.92. The Morgan fingerprint density at radius 1 is 1.33 bits per heavy atom. The molecule has 0 amide bonds. The molecule has 1 aliphatic carbocycles. The van der Waals surface area contributed by atoms with E-state index in [1.807, 2.05) is 17.5 Å². The van der Waals surface area contributed by atoms with Gasteiger partial charge in [-0.25, -0.2) is 4.98 Å². The highest BCUT2D eigenvalue weighted by atomic mass is 15.3. The van der Waals surface area contributed by atoms with Gasteiger partial charge < -0.3 is 5.32 Å². The van der Waals surface area contributed by atoms with Gasteiger partial charge in [-0.3, -0.25) is 4.40 Å². The molecule has 0 bridgehead atoms. The van der Waals surface area contributed by atoms with Crippen LogP contribution in [0.15, 0.2) is 12.4 Å². The quantitative estimate of drug-likeness (QED) is 0.898. The van der Waals surface area contributed by atoms with Gasteiger partial charge in [-0.2, -0.15) is 0 Å². The Morgan fingerprint density at radius 2 is 2.17 bits per heavy atom. The zero-order valence-electron chi connectivity index (χ0n) is 10.8. The number of anilines is 1. The second-order valence-corrected chi connectivity index (χ2v) is 5.08. The van der Waals surface area contributed by atoms with Gasteiger partial charge in [0, 0.05) is 18.9 Å². The minimum Gasteiger partial charge on any atom is -0.367 e. The molecule has 2 aromatic rings. The number of aryl methyl sites for hydroxylation is 1. The van der Waals surface area contributed by atoms with Crippen molar-refractivity contribution in [2.24, 2.45) is 5.92 Å². The largest absolute Gasteiger partial charge is 0.367 e.